The normalized spacial score (nSPS) is 21.7. The number of para-hydroxylation sites is 1. The molecule has 4 rings (SSSR count). The molecule has 2 aliphatic heterocycles. The summed E-state index contributed by atoms with van der Waals surface area (Å²) in [6.07, 6.45) is 4.91. The van der Waals surface area contributed by atoms with Crippen LogP contribution in [0.5, 0.6) is 11.5 Å². The van der Waals surface area contributed by atoms with Gasteiger partial charge in [-0.25, -0.2) is 0 Å². The minimum atomic E-state index is -0.242. The molecule has 2 atom stereocenters. The van der Waals surface area contributed by atoms with E-state index in [2.05, 4.69) is 39.9 Å². The number of rotatable bonds is 8. The summed E-state index contributed by atoms with van der Waals surface area (Å²) in [5.74, 6) is -0.169. The van der Waals surface area contributed by atoms with Crippen molar-refractivity contribution in [1.82, 2.24) is 0 Å². The summed E-state index contributed by atoms with van der Waals surface area (Å²) in [6, 6.07) is 9.71. The Balaban J connectivity index is 1.42. The first-order chi connectivity index (χ1) is 16.5. The summed E-state index contributed by atoms with van der Waals surface area (Å²) in [5.41, 5.74) is 2.85. The number of nitrogens with zero attached hydrogens (tertiary/aromatic N) is 1. The van der Waals surface area contributed by atoms with Crippen LogP contribution in [0.15, 0.2) is 48.0 Å². The standard InChI is InChI=1S/C28H36N2O5/c1-18(9-12-24-28(5,35-24)14-16-34-27(2,3)4)13-15-30-22-17-19(31)10-11-21(22)29-25-20(26(30)33)7-6-8-23(25)32/h6-8,10-11,13,17,24,29,31-32H,9,12,14-16H2,1-5H3/b18-13+. The number of hydrogen-bond acceptors (Lipinski definition) is 6. The van der Waals surface area contributed by atoms with Gasteiger partial charge in [-0.15, -0.1) is 0 Å². The topological polar surface area (TPSA) is 94.6 Å². The number of anilines is 3. The van der Waals surface area contributed by atoms with E-state index < -0.39 is 0 Å². The molecule has 2 aromatic carbocycles. The van der Waals surface area contributed by atoms with Crippen LogP contribution in [0.1, 0.15) is 64.2 Å². The van der Waals surface area contributed by atoms with Crippen LogP contribution >= 0.6 is 0 Å². The second-order valence-electron chi connectivity index (χ2n) is 10.7. The summed E-state index contributed by atoms with van der Waals surface area (Å²) in [7, 11) is 0. The molecule has 0 radical (unpaired) electrons. The quantitative estimate of drug-likeness (QED) is 0.189. The highest BCUT2D eigenvalue weighted by molar-refractivity contribution is 6.14. The molecule has 7 nitrogen and oxygen atoms in total. The molecule has 0 aromatic heterocycles. The maximum Gasteiger partial charge on any atom is 0.260 e. The third kappa shape index (κ3) is 5.80. The Bertz CT molecular complexity index is 1140. The predicted molar refractivity (Wildman–Crippen MR) is 138 cm³/mol. The average molecular weight is 481 g/mol. The lowest BCUT2D eigenvalue weighted by atomic mass is 9.98. The Labute approximate surface area is 207 Å². The largest absolute Gasteiger partial charge is 0.508 e. The number of benzene rings is 2. The number of aromatic hydroxyl groups is 2. The van der Waals surface area contributed by atoms with Crippen LogP contribution in [-0.4, -0.2) is 46.6 Å². The van der Waals surface area contributed by atoms with E-state index >= 15 is 0 Å². The molecule has 0 spiro atoms. The van der Waals surface area contributed by atoms with Crippen LogP contribution in [-0.2, 0) is 9.47 Å². The summed E-state index contributed by atoms with van der Waals surface area (Å²) in [6.45, 7) is 11.4. The summed E-state index contributed by atoms with van der Waals surface area (Å²) in [4.78, 5) is 15.1. The number of allylic oxidation sites excluding steroid dienone is 1. The fourth-order valence-electron chi connectivity index (χ4n) is 4.41. The SMILES string of the molecule is C/C(=C\CN1C(=O)c2cccc(O)c2Nc2ccc(O)cc21)CCC1OC1(C)CCOC(C)(C)C. The Kier molecular flexibility index (Phi) is 6.84. The molecule has 0 saturated carbocycles. The number of phenolic OH excluding ortho intramolecular Hbond substituents is 2. The van der Waals surface area contributed by atoms with Gasteiger partial charge in [-0.1, -0.05) is 17.7 Å². The monoisotopic (exact) mass is 480 g/mol. The summed E-state index contributed by atoms with van der Waals surface area (Å²) >= 11 is 0. The van der Waals surface area contributed by atoms with Crippen molar-refractivity contribution < 1.29 is 24.5 Å². The highest BCUT2D eigenvalue weighted by atomic mass is 16.6. The molecule has 7 heteroatoms. The van der Waals surface area contributed by atoms with Gasteiger partial charge in [0.2, 0.25) is 0 Å². The van der Waals surface area contributed by atoms with Crippen molar-refractivity contribution in [3.05, 3.63) is 53.6 Å². The van der Waals surface area contributed by atoms with E-state index in [4.69, 9.17) is 9.47 Å². The molecule has 3 N–H and O–H groups in total. The molecule has 1 amide bonds. The number of carbonyl (C=O) groups excluding carboxylic acids is 1. The van der Waals surface area contributed by atoms with Crippen molar-refractivity contribution in [1.29, 1.82) is 0 Å². The van der Waals surface area contributed by atoms with Crippen molar-refractivity contribution in [2.45, 2.75) is 71.2 Å². The highest BCUT2D eigenvalue weighted by Crippen LogP contribution is 2.43. The Hall–Kier alpha value is -3.03. The molecular formula is C28H36N2O5. The number of hydrogen-bond donors (Lipinski definition) is 3. The van der Waals surface area contributed by atoms with Crippen molar-refractivity contribution in [3.8, 4) is 11.5 Å². The van der Waals surface area contributed by atoms with E-state index in [0.29, 0.717) is 35.8 Å². The van der Waals surface area contributed by atoms with E-state index in [1.54, 1.807) is 41.3 Å². The number of ether oxygens (including phenoxy) is 2. The summed E-state index contributed by atoms with van der Waals surface area (Å²) in [5, 5.41) is 23.6. The zero-order valence-electron chi connectivity index (χ0n) is 21.2. The molecular weight excluding hydrogens is 444 g/mol. The van der Waals surface area contributed by atoms with E-state index in [1.807, 2.05) is 6.08 Å². The predicted octanol–water partition coefficient (Wildman–Crippen LogP) is 5.89. The Morgan fingerprint density at radius 1 is 1.26 bits per heavy atom. The summed E-state index contributed by atoms with van der Waals surface area (Å²) < 4.78 is 11.8. The third-order valence-electron chi connectivity index (χ3n) is 6.64. The van der Waals surface area contributed by atoms with Gasteiger partial charge < -0.3 is 29.9 Å². The van der Waals surface area contributed by atoms with Gasteiger partial charge in [0, 0.05) is 19.0 Å². The van der Waals surface area contributed by atoms with Gasteiger partial charge >= 0.3 is 0 Å². The zero-order chi connectivity index (χ0) is 25.4. The van der Waals surface area contributed by atoms with Crippen molar-refractivity contribution >= 4 is 23.0 Å². The lowest BCUT2D eigenvalue weighted by molar-refractivity contribution is -0.0106. The van der Waals surface area contributed by atoms with Gasteiger partial charge in [0.25, 0.3) is 5.91 Å². The molecule has 188 valence electrons. The minimum absolute atomic E-state index is 0.00355. The molecule has 2 heterocycles. The second-order valence-corrected chi connectivity index (χ2v) is 10.7. The van der Waals surface area contributed by atoms with Gasteiger partial charge in [-0.3, -0.25) is 4.79 Å². The lowest BCUT2D eigenvalue weighted by Crippen LogP contribution is -2.30. The maximum atomic E-state index is 13.4. The smallest absolute Gasteiger partial charge is 0.260 e. The molecule has 35 heavy (non-hydrogen) atoms. The highest BCUT2D eigenvalue weighted by Gasteiger charge is 2.51. The van der Waals surface area contributed by atoms with Crippen molar-refractivity contribution in [2.75, 3.05) is 23.4 Å². The van der Waals surface area contributed by atoms with E-state index in [1.165, 1.54) is 0 Å². The zero-order valence-corrected chi connectivity index (χ0v) is 21.2. The third-order valence-corrected chi connectivity index (χ3v) is 6.64. The first-order valence-electron chi connectivity index (χ1n) is 12.2. The number of fused-ring (bicyclic) bond motifs is 2. The van der Waals surface area contributed by atoms with Crippen LogP contribution in [0.4, 0.5) is 17.1 Å². The van der Waals surface area contributed by atoms with Crippen LogP contribution < -0.4 is 10.2 Å². The van der Waals surface area contributed by atoms with Crippen LogP contribution in [0.25, 0.3) is 0 Å². The number of phenols is 2. The molecule has 1 saturated heterocycles. The number of amides is 1. The molecule has 0 aliphatic carbocycles. The van der Waals surface area contributed by atoms with Crippen LogP contribution in [0.3, 0.4) is 0 Å². The van der Waals surface area contributed by atoms with E-state index in [0.717, 1.165) is 24.8 Å². The molecule has 2 aliphatic rings. The van der Waals surface area contributed by atoms with E-state index in [-0.39, 0.29) is 34.7 Å². The minimum Gasteiger partial charge on any atom is -0.508 e. The van der Waals surface area contributed by atoms with Gasteiger partial charge in [-0.05, 0) is 71.7 Å². The fraction of sp³-hybridized carbons (Fsp3) is 0.464. The van der Waals surface area contributed by atoms with Gasteiger partial charge in [0.1, 0.15) is 11.5 Å². The van der Waals surface area contributed by atoms with Crippen LogP contribution in [0, 0.1) is 0 Å². The van der Waals surface area contributed by atoms with Crippen molar-refractivity contribution in [2.24, 2.45) is 0 Å². The fourth-order valence-corrected chi connectivity index (χ4v) is 4.41. The molecule has 0 bridgehead atoms. The molecule has 1 fully saturated rings. The first kappa shape index (κ1) is 25.1. The molecule has 2 aromatic rings. The molecule has 2 unspecified atom stereocenters. The van der Waals surface area contributed by atoms with Crippen LogP contribution in [0.2, 0.25) is 0 Å². The Morgan fingerprint density at radius 3 is 2.77 bits per heavy atom. The first-order valence-corrected chi connectivity index (χ1v) is 12.2. The number of epoxide rings is 1. The number of carbonyl (C=O) groups is 1. The second kappa shape index (κ2) is 9.55. The maximum absolute atomic E-state index is 13.4. The Morgan fingerprint density at radius 2 is 2.03 bits per heavy atom. The lowest BCUT2D eigenvalue weighted by Gasteiger charge is -2.22. The van der Waals surface area contributed by atoms with Gasteiger partial charge in [0.15, 0.2) is 0 Å². The average Bonchev–Trinajstić information content (AvgIpc) is 3.45. The van der Waals surface area contributed by atoms with Crippen molar-refractivity contribution in [3.63, 3.8) is 0 Å². The van der Waals surface area contributed by atoms with E-state index in [9.17, 15) is 15.0 Å². The number of nitrogens with one attached hydrogen (secondary N) is 1. The van der Waals surface area contributed by atoms with Gasteiger partial charge in [0.05, 0.1) is 46.5 Å². The van der Waals surface area contributed by atoms with Gasteiger partial charge in [-0.2, -0.15) is 0 Å².